The van der Waals surface area contributed by atoms with E-state index in [1.54, 1.807) is 35.3 Å². The quantitative estimate of drug-likeness (QED) is 0.556. The summed E-state index contributed by atoms with van der Waals surface area (Å²) in [4.78, 5) is 4.39. The Morgan fingerprint density at radius 2 is 1.85 bits per heavy atom. The van der Waals surface area contributed by atoms with E-state index < -0.39 is 10.0 Å². The maximum Gasteiger partial charge on any atom is 0.240 e. The molecule has 1 N–H and O–H groups in total. The summed E-state index contributed by atoms with van der Waals surface area (Å²) in [5, 5.41) is 9.06. The van der Waals surface area contributed by atoms with Crippen LogP contribution in [0.3, 0.4) is 0 Å². The van der Waals surface area contributed by atoms with Crippen LogP contribution in [0.2, 0.25) is 0 Å². The van der Waals surface area contributed by atoms with Crippen molar-refractivity contribution in [2.75, 3.05) is 6.54 Å². The van der Waals surface area contributed by atoms with Crippen LogP contribution in [0, 0.1) is 0 Å². The molecule has 4 aromatic rings. The van der Waals surface area contributed by atoms with Crippen molar-refractivity contribution in [2.24, 2.45) is 0 Å². The maximum atomic E-state index is 12.5. The first-order valence-electron chi connectivity index (χ1n) is 8.42. The van der Waals surface area contributed by atoms with Crippen molar-refractivity contribution < 1.29 is 8.42 Å². The normalized spacial score (nSPS) is 11.7. The van der Waals surface area contributed by atoms with Crippen molar-refractivity contribution in [1.82, 2.24) is 24.7 Å². The highest BCUT2D eigenvalue weighted by Gasteiger charge is 2.14. The van der Waals surface area contributed by atoms with Gasteiger partial charge in [0.25, 0.3) is 0 Å². The van der Waals surface area contributed by atoms with Crippen LogP contribution in [0.4, 0.5) is 0 Å². The molecule has 0 bridgehead atoms. The number of sulfonamides is 1. The minimum absolute atomic E-state index is 0.192. The lowest BCUT2D eigenvalue weighted by atomic mass is 10.2. The molecule has 7 nitrogen and oxygen atoms in total. The molecular weight excluding hydrogens is 362 g/mol. The van der Waals surface area contributed by atoms with Crippen LogP contribution in [-0.2, 0) is 16.6 Å². The number of hydrogen-bond donors (Lipinski definition) is 1. The lowest BCUT2D eigenvalue weighted by Crippen LogP contribution is -2.27. The van der Waals surface area contributed by atoms with Gasteiger partial charge in [0.1, 0.15) is 5.69 Å². The first-order chi connectivity index (χ1) is 13.1. The van der Waals surface area contributed by atoms with Crippen LogP contribution in [0.5, 0.6) is 0 Å². The van der Waals surface area contributed by atoms with E-state index in [1.807, 2.05) is 42.5 Å². The monoisotopic (exact) mass is 379 g/mol. The molecule has 0 amide bonds. The van der Waals surface area contributed by atoms with Crippen LogP contribution in [-0.4, -0.2) is 34.9 Å². The number of rotatable bonds is 6. The Hall–Kier alpha value is -3.10. The molecule has 2 aromatic heterocycles. The van der Waals surface area contributed by atoms with Gasteiger partial charge in [-0.15, -0.1) is 5.10 Å². The van der Waals surface area contributed by atoms with E-state index in [0.29, 0.717) is 12.1 Å². The molecule has 0 fully saturated rings. The zero-order valence-electron chi connectivity index (χ0n) is 14.4. The average molecular weight is 379 g/mol. The summed E-state index contributed by atoms with van der Waals surface area (Å²) in [7, 11) is -3.62. The summed E-state index contributed by atoms with van der Waals surface area (Å²) >= 11 is 0. The van der Waals surface area contributed by atoms with E-state index in [-0.39, 0.29) is 11.4 Å². The van der Waals surface area contributed by atoms with Gasteiger partial charge in [0.05, 0.1) is 23.2 Å². The fourth-order valence-electron chi connectivity index (χ4n) is 2.74. The summed E-state index contributed by atoms with van der Waals surface area (Å²) in [6, 6.07) is 18.3. The Balaban J connectivity index is 1.42. The first kappa shape index (κ1) is 17.3. The Labute approximate surface area is 156 Å². The molecule has 0 radical (unpaired) electrons. The van der Waals surface area contributed by atoms with Crippen molar-refractivity contribution in [1.29, 1.82) is 0 Å². The molecule has 8 heteroatoms. The summed E-state index contributed by atoms with van der Waals surface area (Å²) in [6.07, 6.45) is 3.44. The lowest BCUT2D eigenvalue weighted by Gasteiger charge is -2.07. The van der Waals surface area contributed by atoms with E-state index in [2.05, 4.69) is 20.0 Å². The topological polar surface area (TPSA) is 89.8 Å². The third kappa shape index (κ3) is 3.86. The second-order valence-corrected chi connectivity index (χ2v) is 7.76. The molecule has 0 aliphatic heterocycles. The minimum atomic E-state index is -3.62. The molecule has 0 atom stereocenters. The van der Waals surface area contributed by atoms with Gasteiger partial charge in [0.2, 0.25) is 10.0 Å². The Kier molecular flexibility index (Phi) is 4.66. The van der Waals surface area contributed by atoms with Crippen LogP contribution in [0.1, 0.15) is 0 Å². The Morgan fingerprint density at radius 1 is 1.00 bits per heavy atom. The Bertz CT molecular complexity index is 1170. The molecule has 0 unspecified atom stereocenters. The van der Waals surface area contributed by atoms with Crippen molar-refractivity contribution in [2.45, 2.75) is 11.4 Å². The van der Waals surface area contributed by atoms with Gasteiger partial charge in [-0.25, -0.2) is 13.1 Å². The summed E-state index contributed by atoms with van der Waals surface area (Å²) in [5.74, 6) is 0. The predicted molar refractivity (Wildman–Crippen MR) is 102 cm³/mol. The number of aromatic nitrogens is 4. The van der Waals surface area contributed by atoms with E-state index in [4.69, 9.17) is 0 Å². The van der Waals surface area contributed by atoms with Crippen LogP contribution in [0.15, 0.2) is 78.0 Å². The molecule has 2 aromatic carbocycles. The van der Waals surface area contributed by atoms with E-state index in [9.17, 15) is 8.42 Å². The number of hydrogen-bond acceptors (Lipinski definition) is 5. The van der Waals surface area contributed by atoms with Gasteiger partial charge < -0.3 is 0 Å². The third-order valence-corrected chi connectivity index (χ3v) is 5.59. The number of nitrogens with zero attached hydrogens (tertiary/aromatic N) is 4. The molecule has 4 rings (SSSR count). The van der Waals surface area contributed by atoms with Crippen LogP contribution < -0.4 is 4.72 Å². The van der Waals surface area contributed by atoms with Crippen molar-refractivity contribution in [3.8, 4) is 11.3 Å². The Morgan fingerprint density at radius 3 is 2.70 bits per heavy atom. The molecule has 0 spiro atoms. The number of pyridine rings is 1. The summed E-state index contributed by atoms with van der Waals surface area (Å²) in [5.41, 5.74) is 2.36. The first-order valence-corrected chi connectivity index (χ1v) is 9.90. The third-order valence-electron chi connectivity index (χ3n) is 4.13. The van der Waals surface area contributed by atoms with Gasteiger partial charge >= 0.3 is 0 Å². The highest BCUT2D eigenvalue weighted by molar-refractivity contribution is 7.89. The minimum Gasteiger partial charge on any atom is -0.256 e. The smallest absolute Gasteiger partial charge is 0.240 e. The maximum absolute atomic E-state index is 12.5. The molecule has 0 aliphatic carbocycles. The fourth-order valence-corrected chi connectivity index (χ4v) is 3.78. The molecule has 0 saturated carbocycles. The average Bonchev–Trinajstić information content (AvgIpc) is 3.17. The molecular formula is C19H17N5O2S. The highest BCUT2D eigenvalue weighted by atomic mass is 32.2. The van der Waals surface area contributed by atoms with Gasteiger partial charge in [0, 0.05) is 23.7 Å². The van der Waals surface area contributed by atoms with E-state index in [0.717, 1.165) is 16.6 Å². The zero-order valence-corrected chi connectivity index (χ0v) is 15.2. The van der Waals surface area contributed by atoms with Gasteiger partial charge in [-0.2, -0.15) is 0 Å². The summed E-state index contributed by atoms with van der Waals surface area (Å²) in [6.45, 7) is 0.588. The van der Waals surface area contributed by atoms with Gasteiger partial charge in [-0.1, -0.05) is 47.7 Å². The van der Waals surface area contributed by atoms with Crippen LogP contribution >= 0.6 is 0 Å². The van der Waals surface area contributed by atoms with Crippen molar-refractivity contribution in [3.05, 3.63) is 73.1 Å². The lowest BCUT2D eigenvalue weighted by molar-refractivity contribution is 0.553. The zero-order chi connectivity index (χ0) is 18.7. The van der Waals surface area contributed by atoms with Gasteiger partial charge in [-0.05, 0) is 18.2 Å². The van der Waals surface area contributed by atoms with Gasteiger partial charge in [-0.3, -0.25) is 9.67 Å². The largest absolute Gasteiger partial charge is 0.256 e. The van der Waals surface area contributed by atoms with E-state index >= 15 is 0 Å². The number of benzene rings is 2. The molecule has 27 heavy (non-hydrogen) atoms. The van der Waals surface area contributed by atoms with Crippen molar-refractivity contribution in [3.63, 3.8) is 0 Å². The van der Waals surface area contributed by atoms with Crippen molar-refractivity contribution >= 4 is 20.9 Å². The molecule has 0 saturated heterocycles. The molecule has 0 aliphatic rings. The van der Waals surface area contributed by atoms with Crippen LogP contribution in [0.25, 0.3) is 22.2 Å². The fraction of sp³-hybridized carbons (Fsp3) is 0.105. The molecule has 136 valence electrons. The highest BCUT2D eigenvalue weighted by Crippen LogP contribution is 2.17. The standard InChI is InChI=1S/C19H17N5O2S/c25-27(26,17-9-8-16-7-4-10-20-18(16)13-17)21-11-12-24-14-19(22-23-24)15-5-2-1-3-6-15/h1-10,13-14,21H,11-12H2. The number of nitrogens with one attached hydrogen (secondary N) is 1. The number of fused-ring (bicyclic) bond motifs is 1. The van der Waals surface area contributed by atoms with Gasteiger partial charge in [0.15, 0.2) is 0 Å². The second-order valence-electron chi connectivity index (χ2n) is 5.99. The summed E-state index contributed by atoms with van der Waals surface area (Å²) < 4.78 is 29.2. The molecule has 2 heterocycles. The SMILES string of the molecule is O=S(=O)(NCCn1cc(-c2ccccc2)nn1)c1ccc2cccnc2c1. The predicted octanol–water partition coefficient (Wildman–Crippen LogP) is 2.47. The van der Waals surface area contributed by atoms with E-state index in [1.165, 1.54) is 0 Å². The second kappa shape index (κ2) is 7.26.